The summed E-state index contributed by atoms with van der Waals surface area (Å²) in [7, 11) is 1.66. The summed E-state index contributed by atoms with van der Waals surface area (Å²) in [6.07, 6.45) is 0. The molecular weight excluding hydrogens is 276 g/mol. The SMILES string of the molecule is COCCOc1ccc(CNCc2cccc(C#N)c2)cc1. The van der Waals surface area contributed by atoms with Gasteiger partial charge in [-0.1, -0.05) is 24.3 Å². The average Bonchev–Trinajstić information content (AvgIpc) is 2.57. The maximum Gasteiger partial charge on any atom is 0.119 e. The zero-order valence-corrected chi connectivity index (χ0v) is 12.7. The van der Waals surface area contributed by atoms with Gasteiger partial charge in [0.15, 0.2) is 0 Å². The highest BCUT2D eigenvalue weighted by Gasteiger charge is 1.98. The van der Waals surface area contributed by atoms with Gasteiger partial charge in [-0.05, 0) is 35.4 Å². The third-order valence-corrected chi connectivity index (χ3v) is 3.19. The van der Waals surface area contributed by atoms with Crippen LogP contribution in [0, 0.1) is 11.3 Å². The zero-order valence-electron chi connectivity index (χ0n) is 12.7. The van der Waals surface area contributed by atoms with Crippen molar-refractivity contribution >= 4 is 0 Å². The molecule has 0 fully saturated rings. The van der Waals surface area contributed by atoms with E-state index in [4.69, 9.17) is 14.7 Å². The van der Waals surface area contributed by atoms with E-state index in [1.165, 1.54) is 5.56 Å². The molecule has 0 aromatic heterocycles. The van der Waals surface area contributed by atoms with Crippen molar-refractivity contribution in [2.75, 3.05) is 20.3 Å². The largest absolute Gasteiger partial charge is 0.491 e. The topological polar surface area (TPSA) is 54.3 Å². The van der Waals surface area contributed by atoms with Gasteiger partial charge < -0.3 is 14.8 Å². The smallest absolute Gasteiger partial charge is 0.119 e. The number of methoxy groups -OCH3 is 1. The fourth-order valence-electron chi connectivity index (χ4n) is 2.05. The van der Waals surface area contributed by atoms with E-state index in [2.05, 4.69) is 11.4 Å². The van der Waals surface area contributed by atoms with Crippen LogP contribution in [0.3, 0.4) is 0 Å². The Labute approximate surface area is 131 Å². The molecule has 1 N–H and O–H groups in total. The number of hydrogen-bond acceptors (Lipinski definition) is 4. The summed E-state index contributed by atoms with van der Waals surface area (Å²) in [5, 5.41) is 12.2. The number of rotatable bonds is 8. The minimum absolute atomic E-state index is 0.559. The Morgan fingerprint density at radius 3 is 2.50 bits per heavy atom. The maximum absolute atomic E-state index is 8.88. The van der Waals surface area contributed by atoms with Crippen molar-refractivity contribution in [3.8, 4) is 11.8 Å². The van der Waals surface area contributed by atoms with Crippen LogP contribution >= 0.6 is 0 Å². The van der Waals surface area contributed by atoms with E-state index in [1.807, 2.05) is 48.5 Å². The number of benzene rings is 2. The normalized spacial score (nSPS) is 10.2. The Bertz CT molecular complexity index is 618. The molecule has 0 heterocycles. The fourth-order valence-corrected chi connectivity index (χ4v) is 2.05. The lowest BCUT2D eigenvalue weighted by molar-refractivity contribution is 0.146. The molecule has 0 aliphatic heterocycles. The molecular formula is C18H20N2O2. The van der Waals surface area contributed by atoms with Crippen molar-refractivity contribution in [3.63, 3.8) is 0 Å². The lowest BCUT2D eigenvalue weighted by Gasteiger charge is -2.08. The number of nitrogens with zero attached hydrogens (tertiary/aromatic N) is 1. The van der Waals surface area contributed by atoms with Gasteiger partial charge in [-0.3, -0.25) is 0 Å². The lowest BCUT2D eigenvalue weighted by Crippen LogP contribution is -2.12. The second-order valence-corrected chi connectivity index (χ2v) is 4.90. The second-order valence-electron chi connectivity index (χ2n) is 4.90. The second kappa shape index (κ2) is 8.83. The van der Waals surface area contributed by atoms with Crippen LogP contribution < -0.4 is 10.1 Å². The molecule has 4 nitrogen and oxygen atoms in total. The molecule has 0 saturated heterocycles. The number of nitrogens with one attached hydrogen (secondary N) is 1. The first-order chi connectivity index (χ1) is 10.8. The van der Waals surface area contributed by atoms with Crippen molar-refractivity contribution in [1.29, 1.82) is 5.26 Å². The summed E-state index contributed by atoms with van der Waals surface area (Å²) < 4.78 is 10.5. The Balaban J connectivity index is 1.78. The summed E-state index contributed by atoms with van der Waals surface area (Å²) >= 11 is 0. The minimum Gasteiger partial charge on any atom is -0.491 e. The fraction of sp³-hybridized carbons (Fsp3) is 0.278. The highest BCUT2D eigenvalue weighted by molar-refractivity contribution is 5.32. The first-order valence-electron chi connectivity index (χ1n) is 7.22. The molecule has 0 spiro atoms. The monoisotopic (exact) mass is 296 g/mol. The Kier molecular flexibility index (Phi) is 6.43. The molecule has 4 heteroatoms. The van der Waals surface area contributed by atoms with Crippen LogP contribution in [0.15, 0.2) is 48.5 Å². The van der Waals surface area contributed by atoms with Crippen molar-refractivity contribution in [3.05, 3.63) is 65.2 Å². The van der Waals surface area contributed by atoms with E-state index >= 15 is 0 Å². The maximum atomic E-state index is 8.88. The summed E-state index contributed by atoms with van der Waals surface area (Å²) in [6.45, 7) is 2.66. The van der Waals surface area contributed by atoms with E-state index < -0.39 is 0 Å². The van der Waals surface area contributed by atoms with E-state index in [0.717, 1.165) is 24.4 Å². The van der Waals surface area contributed by atoms with Gasteiger partial charge in [0.05, 0.1) is 18.2 Å². The van der Waals surface area contributed by atoms with Gasteiger partial charge >= 0.3 is 0 Å². The van der Waals surface area contributed by atoms with Crippen LogP contribution in [0.5, 0.6) is 5.75 Å². The Morgan fingerprint density at radius 2 is 1.77 bits per heavy atom. The first kappa shape index (κ1) is 16.0. The minimum atomic E-state index is 0.559. The quantitative estimate of drug-likeness (QED) is 0.761. The van der Waals surface area contributed by atoms with Crippen molar-refractivity contribution < 1.29 is 9.47 Å². The highest BCUT2D eigenvalue weighted by Crippen LogP contribution is 2.12. The molecule has 114 valence electrons. The molecule has 0 saturated carbocycles. The average molecular weight is 296 g/mol. The van der Waals surface area contributed by atoms with Crippen molar-refractivity contribution in [2.24, 2.45) is 0 Å². The third kappa shape index (κ3) is 5.21. The van der Waals surface area contributed by atoms with Gasteiger partial charge in [-0.25, -0.2) is 0 Å². The lowest BCUT2D eigenvalue weighted by atomic mass is 10.1. The molecule has 0 aliphatic rings. The van der Waals surface area contributed by atoms with Crippen molar-refractivity contribution in [2.45, 2.75) is 13.1 Å². The number of ether oxygens (including phenoxy) is 2. The summed E-state index contributed by atoms with van der Waals surface area (Å²) in [5.41, 5.74) is 2.99. The molecule has 0 aliphatic carbocycles. The predicted octanol–water partition coefficient (Wildman–Crippen LogP) is 2.87. The predicted molar refractivity (Wildman–Crippen MR) is 85.5 cm³/mol. The molecule has 2 aromatic carbocycles. The van der Waals surface area contributed by atoms with Crippen LogP contribution in [0.2, 0.25) is 0 Å². The van der Waals surface area contributed by atoms with Crippen LogP contribution in [0.4, 0.5) is 0 Å². The first-order valence-corrected chi connectivity index (χ1v) is 7.22. The Hall–Kier alpha value is -2.35. The zero-order chi connectivity index (χ0) is 15.6. The van der Waals surface area contributed by atoms with Crippen molar-refractivity contribution in [1.82, 2.24) is 5.32 Å². The van der Waals surface area contributed by atoms with Gasteiger partial charge in [-0.2, -0.15) is 5.26 Å². The van der Waals surface area contributed by atoms with Crippen LogP contribution in [-0.4, -0.2) is 20.3 Å². The third-order valence-electron chi connectivity index (χ3n) is 3.19. The molecule has 0 atom stereocenters. The molecule has 0 bridgehead atoms. The summed E-state index contributed by atoms with van der Waals surface area (Å²) in [6, 6.07) is 17.8. The molecule has 0 radical (unpaired) electrons. The standard InChI is InChI=1S/C18H20N2O2/c1-21-9-10-22-18-7-5-15(6-8-18)13-20-14-17-4-2-3-16(11-17)12-19/h2-8,11,20H,9-10,13-14H2,1H3. The molecule has 0 amide bonds. The molecule has 0 unspecified atom stereocenters. The van der Waals surface area contributed by atoms with Gasteiger partial charge in [0, 0.05) is 20.2 Å². The van der Waals surface area contributed by atoms with Crippen LogP contribution in [0.25, 0.3) is 0 Å². The van der Waals surface area contributed by atoms with E-state index in [9.17, 15) is 0 Å². The van der Waals surface area contributed by atoms with Gasteiger partial charge in [0.25, 0.3) is 0 Å². The number of nitriles is 1. The summed E-state index contributed by atoms with van der Waals surface area (Å²) in [4.78, 5) is 0. The van der Waals surface area contributed by atoms with E-state index in [-0.39, 0.29) is 0 Å². The van der Waals surface area contributed by atoms with E-state index in [0.29, 0.717) is 18.8 Å². The van der Waals surface area contributed by atoms with Gasteiger partial charge in [0.1, 0.15) is 12.4 Å². The van der Waals surface area contributed by atoms with Crippen LogP contribution in [-0.2, 0) is 17.8 Å². The van der Waals surface area contributed by atoms with Crippen LogP contribution in [0.1, 0.15) is 16.7 Å². The molecule has 2 rings (SSSR count). The summed E-state index contributed by atoms with van der Waals surface area (Å²) in [5.74, 6) is 0.850. The Morgan fingerprint density at radius 1 is 1.00 bits per heavy atom. The molecule has 2 aromatic rings. The van der Waals surface area contributed by atoms with Gasteiger partial charge in [0.2, 0.25) is 0 Å². The highest BCUT2D eigenvalue weighted by atomic mass is 16.5. The molecule has 22 heavy (non-hydrogen) atoms. The van der Waals surface area contributed by atoms with Gasteiger partial charge in [-0.15, -0.1) is 0 Å². The van der Waals surface area contributed by atoms with E-state index in [1.54, 1.807) is 7.11 Å². The number of hydrogen-bond donors (Lipinski definition) is 1.